The summed E-state index contributed by atoms with van der Waals surface area (Å²) in [7, 11) is 1.88. The summed E-state index contributed by atoms with van der Waals surface area (Å²) in [5, 5.41) is 3.00. The first-order valence-corrected chi connectivity index (χ1v) is 6.84. The molecule has 1 aromatic carbocycles. The normalized spacial score (nSPS) is 12.2. The molecule has 1 amide bonds. The Labute approximate surface area is 114 Å². The summed E-state index contributed by atoms with van der Waals surface area (Å²) in [4.78, 5) is 20.0. The lowest BCUT2D eigenvalue weighted by molar-refractivity contribution is -0.117. The van der Waals surface area contributed by atoms with Gasteiger partial charge in [-0.1, -0.05) is 18.2 Å². The highest BCUT2D eigenvalue weighted by molar-refractivity contribution is 7.07. The van der Waals surface area contributed by atoms with E-state index in [-0.39, 0.29) is 5.91 Å². The first-order valence-electron chi connectivity index (χ1n) is 5.97. The highest BCUT2D eigenvalue weighted by Crippen LogP contribution is 2.18. The molecule has 0 aliphatic rings. The standard InChI is InChI=1S/C14H13N3OS/c1-17-6-7-19-14(17)16-13(18)8-10-9-15-12-5-3-2-4-11(10)12/h2-7,9,15H,8H2,1H3. The summed E-state index contributed by atoms with van der Waals surface area (Å²) in [5.41, 5.74) is 2.04. The highest BCUT2D eigenvalue weighted by atomic mass is 32.1. The number of rotatable bonds is 2. The predicted octanol–water partition coefficient (Wildman–Crippen LogP) is 2.24. The van der Waals surface area contributed by atoms with E-state index in [4.69, 9.17) is 0 Å². The number of aromatic nitrogens is 2. The molecule has 4 nitrogen and oxygen atoms in total. The second-order valence-corrected chi connectivity index (χ2v) is 5.21. The average Bonchev–Trinajstić information content (AvgIpc) is 2.98. The molecule has 0 fully saturated rings. The number of hydrogen-bond donors (Lipinski definition) is 1. The third-order valence-corrected chi connectivity index (χ3v) is 3.84. The minimum atomic E-state index is -0.122. The minimum Gasteiger partial charge on any atom is -0.361 e. The number of amides is 1. The molecule has 0 aliphatic carbocycles. The Morgan fingerprint density at radius 3 is 3.05 bits per heavy atom. The van der Waals surface area contributed by atoms with Crippen molar-refractivity contribution < 1.29 is 4.79 Å². The van der Waals surface area contributed by atoms with Crippen molar-refractivity contribution in [3.05, 3.63) is 52.4 Å². The van der Waals surface area contributed by atoms with Gasteiger partial charge in [0.25, 0.3) is 5.91 Å². The maximum Gasteiger partial charge on any atom is 0.252 e. The van der Waals surface area contributed by atoms with Crippen molar-refractivity contribution in [2.45, 2.75) is 6.42 Å². The Bertz CT molecular complexity index is 794. The van der Waals surface area contributed by atoms with Gasteiger partial charge in [0.15, 0.2) is 4.80 Å². The number of nitrogens with one attached hydrogen (secondary N) is 1. The van der Waals surface area contributed by atoms with Gasteiger partial charge in [-0.2, -0.15) is 4.99 Å². The van der Waals surface area contributed by atoms with Crippen molar-refractivity contribution in [3.8, 4) is 0 Å². The number of para-hydroxylation sites is 1. The molecule has 2 heterocycles. The average molecular weight is 271 g/mol. The fourth-order valence-electron chi connectivity index (χ4n) is 2.02. The van der Waals surface area contributed by atoms with Crippen molar-refractivity contribution in [2.75, 3.05) is 0 Å². The van der Waals surface area contributed by atoms with Crippen LogP contribution in [0.3, 0.4) is 0 Å². The van der Waals surface area contributed by atoms with Crippen molar-refractivity contribution in [2.24, 2.45) is 12.0 Å². The van der Waals surface area contributed by atoms with E-state index < -0.39 is 0 Å². The van der Waals surface area contributed by atoms with Crippen LogP contribution >= 0.6 is 11.3 Å². The van der Waals surface area contributed by atoms with Gasteiger partial charge in [0.05, 0.1) is 6.42 Å². The lowest BCUT2D eigenvalue weighted by Gasteiger charge is -1.95. The molecule has 19 heavy (non-hydrogen) atoms. The van der Waals surface area contributed by atoms with Gasteiger partial charge in [-0.3, -0.25) is 4.79 Å². The molecule has 96 valence electrons. The van der Waals surface area contributed by atoms with Gasteiger partial charge in [-0.15, -0.1) is 11.3 Å². The Balaban J connectivity index is 1.90. The summed E-state index contributed by atoms with van der Waals surface area (Å²) in [5.74, 6) is -0.122. The maximum atomic E-state index is 12.0. The molecule has 3 rings (SSSR count). The second-order valence-electron chi connectivity index (χ2n) is 4.34. The second kappa shape index (κ2) is 4.85. The Morgan fingerprint density at radius 1 is 1.42 bits per heavy atom. The molecule has 0 bridgehead atoms. The fraction of sp³-hybridized carbons (Fsp3) is 0.143. The lowest BCUT2D eigenvalue weighted by atomic mass is 10.1. The van der Waals surface area contributed by atoms with Gasteiger partial charge in [0.1, 0.15) is 0 Å². The smallest absolute Gasteiger partial charge is 0.252 e. The van der Waals surface area contributed by atoms with Gasteiger partial charge < -0.3 is 9.55 Å². The molecular weight excluding hydrogens is 258 g/mol. The molecule has 3 aromatic rings. The van der Waals surface area contributed by atoms with Crippen molar-refractivity contribution >= 4 is 28.1 Å². The van der Waals surface area contributed by atoms with E-state index in [9.17, 15) is 4.79 Å². The van der Waals surface area contributed by atoms with Crippen molar-refractivity contribution in [1.29, 1.82) is 0 Å². The van der Waals surface area contributed by atoms with Crippen molar-refractivity contribution in [1.82, 2.24) is 9.55 Å². The van der Waals surface area contributed by atoms with Crippen LogP contribution in [0.5, 0.6) is 0 Å². The van der Waals surface area contributed by atoms with E-state index in [0.717, 1.165) is 21.3 Å². The molecule has 1 N–H and O–H groups in total. The Kier molecular flexibility index (Phi) is 3.05. The van der Waals surface area contributed by atoms with E-state index in [2.05, 4.69) is 9.98 Å². The van der Waals surface area contributed by atoms with Crippen LogP contribution in [0.2, 0.25) is 0 Å². The van der Waals surface area contributed by atoms with Crippen LogP contribution in [0.1, 0.15) is 5.56 Å². The Hall–Kier alpha value is -2.14. The number of carbonyl (C=O) groups excluding carboxylic acids is 1. The third kappa shape index (κ3) is 2.37. The number of thiazole rings is 1. The molecule has 0 atom stereocenters. The predicted molar refractivity (Wildman–Crippen MR) is 75.9 cm³/mol. The number of aromatic amines is 1. The van der Waals surface area contributed by atoms with Crippen LogP contribution in [0.4, 0.5) is 0 Å². The van der Waals surface area contributed by atoms with Crippen molar-refractivity contribution in [3.63, 3.8) is 0 Å². The lowest BCUT2D eigenvalue weighted by Crippen LogP contribution is -2.13. The van der Waals surface area contributed by atoms with E-state index in [1.54, 1.807) is 0 Å². The molecule has 0 saturated carbocycles. The monoisotopic (exact) mass is 271 g/mol. The number of H-pyrrole nitrogens is 1. The van der Waals surface area contributed by atoms with E-state index in [1.165, 1.54) is 11.3 Å². The number of nitrogens with zero attached hydrogens (tertiary/aromatic N) is 2. The number of fused-ring (bicyclic) bond motifs is 1. The molecular formula is C14H13N3OS. The van der Waals surface area contributed by atoms with Crippen LogP contribution in [-0.2, 0) is 18.3 Å². The summed E-state index contributed by atoms with van der Waals surface area (Å²) in [6, 6.07) is 7.96. The molecule has 0 saturated heterocycles. The van der Waals surface area contributed by atoms with Gasteiger partial charge in [-0.05, 0) is 11.6 Å². The fourth-order valence-corrected chi connectivity index (χ4v) is 2.77. The highest BCUT2D eigenvalue weighted by Gasteiger charge is 2.07. The molecule has 0 radical (unpaired) electrons. The van der Waals surface area contributed by atoms with Crippen LogP contribution < -0.4 is 4.80 Å². The number of aryl methyl sites for hydroxylation is 1. The first-order chi connectivity index (χ1) is 9.24. The zero-order chi connectivity index (χ0) is 13.2. The maximum absolute atomic E-state index is 12.0. The molecule has 0 spiro atoms. The first kappa shape index (κ1) is 11.9. The number of hydrogen-bond acceptors (Lipinski definition) is 2. The van der Waals surface area contributed by atoms with E-state index >= 15 is 0 Å². The summed E-state index contributed by atoms with van der Waals surface area (Å²) >= 11 is 1.46. The minimum absolute atomic E-state index is 0.122. The molecule has 2 aromatic heterocycles. The zero-order valence-corrected chi connectivity index (χ0v) is 11.3. The Morgan fingerprint density at radius 2 is 2.26 bits per heavy atom. The van der Waals surface area contributed by atoms with E-state index in [0.29, 0.717) is 6.42 Å². The van der Waals surface area contributed by atoms with Crippen LogP contribution in [-0.4, -0.2) is 15.5 Å². The zero-order valence-electron chi connectivity index (χ0n) is 10.5. The van der Waals surface area contributed by atoms with Crippen LogP contribution in [0, 0.1) is 0 Å². The van der Waals surface area contributed by atoms with Crippen LogP contribution in [0.25, 0.3) is 10.9 Å². The summed E-state index contributed by atoms with van der Waals surface area (Å²) in [6.07, 6.45) is 4.09. The van der Waals surface area contributed by atoms with Gasteiger partial charge in [-0.25, -0.2) is 0 Å². The molecule has 5 heteroatoms. The largest absolute Gasteiger partial charge is 0.361 e. The number of carbonyl (C=O) groups is 1. The summed E-state index contributed by atoms with van der Waals surface area (Å²) < 4.78 is 1.85. The molecule has 0 aliphatic heterocycles. The van der Waals surface area contributed by atoms with Crippen LogP contribution in [0.15, 0.2) is 47.0 Å². The number of benzene rings is 1. The summed E-state index contributed by atoms with van der Waals surface area (Å²) in [6.45, 7) is 0. The topological polar surface area (TPSA) is 50.1 Å². The van der Waals surface area contributed by atoms with Gasteiger partial charge in [0.2, 0.25) is 0 Å². The van der Waals surface area contributed by atoms with Gasteiger partial charge in [0, 0.05) is 35.7 Å². The van der Waals surface area contributed by atoms with Gasteiger partial charge >= 0.3 is 0 Å². The SMILES string of the molecule is Cn1ccsc1=NC(=O)Cc1c[nH]c2ccccc12. The quantitative estimate of drug-likeness (QED) is 0.763. The third-order valence-electron chi connectivity index (χ3n) is 3.00. The van der Waals surface area contributed by atoms with E-state index in [1.807, 2.05) is 53.7 Å². The molecule has 0 unspecified atom stereocenters.